The number of aryl methyl sites for hydroxylation is 1. The molecule has 4 aromatic rings. The highest BCUT2D eigenvalue weighted by atomic mass is 32.2. The highest BCUT2D eigenvalue weighted by Gasteiger charge is 2.29. The van der Waals surface area contributed by atoms with Crippen molar-refractivity contribution in [3.05, 3.63) is 70.7 Å². The molecular weight excluding hydrogens is 376 g/mol. The number of nitrogens with one attached hydrogen (secondary N) is 3. The van der Waals surface area contributed by atoms with Crippen LogP contribution in [0.15, 0.2) is 69.1 Å². The van der Waals surface area contributed by atoms with Crippen molar-refractivity contribution < 1.29 is 14.0 Å². The first-order valence-corrected chi connectivity index (χ1v) is 9.64. The number of fused-ring (bicyclic) bond motifs is 1. The van der Waals surface area contributed by atoms with Crippen molar-refractivity contribution in [2.24, 2.45) is 0 Å². The Kier molecular flexibility index (Phi) is 4.79. The van der Waals surface area contributed by atoms with Crippen LogP contribution in [0, 0.1) is 6.92 Å². The zero-order chi connectivity index (χ0) is 19.7. The van der Waals surface area contributed by atoms with E-state index in [1.54, 1.807) is 11.6 Å². The number of aromatic nitrogens is 3. The molecule has 28 heavy (non-hydrogen) atoms. The van der Waals surface area contributed by atoms with Gasteiger partial charge >= 0.3 is 10.7 Å². The molecule has 3 N–H and O–H groups in total. The van der Waals surface area contributed by atoms with Gasteiger partial charge in [0.1, 0.15) is 0 Å². The molecule has 0 bridgehead atoms. The normalized spacial score (nSPS) is 12.2. The average Bonchev–Trinajstić information content (AvgIpc) is 3.29. The maximum absolute atomic E-state index is 12.6. The first kappa shape index (κ1) is 18.1. The second-order valence-electron chi connectivity index (χ2n) is 6.49. The molecule has 1 amide bonds. The summed E-state index contributed by atoms with van der Waals surface area (Å²) in [5, 5.41) is 6.32. The largest absolute Gasteiger partial charge is 0.442 e. The number of nitrogens with zero attached hydrogens (tertiary/aromatic N) is 1. The molecule has 0 fully saturated rings. The van der Waals surface area contributed by atoms with E-state index >= 15 is 0 Å². The lowest BCUT2D eigenvalue weighted by Gasteiger charge is -2.09. The molecule has 2 aromatic heterocycles. The van der Waals surface area contributed by atoms with E-state index in [1.165, 1.54) is 0 Å². The van der Waals surface area contributed by atoms with Crippen LogP contribution >= 0.6 is 11.8 Å². The highest BCUT2D eigenvalue weighted by molar-refractivity contribution is 8.00. The molecule has 0 aliphatic heterocycles. The summed E-state index contributed by atoms with van der Waals surface area (Å²) in [5.41, 5.74) is 3.06. The van der Waals surface area contributed by atoms with E-state index < -0.39 is 10.9 Å². The van der Waals surface area contributed by atoms with E-state index in [2.05, 4.69) is 15.6 Å². The second-order valence-corrected chi connectivity index (χ2v) is 7.82. The summed E-state index contributed by atoms with van der Waals surface area (Å²) in [6.07, 6.45) is 1.85. The van der Waals surface area contributed by atoms with Gasteiger partial charge in [-0.1, -0.05) is 17.7 Å². The standard InChI is InChI=1S/C20H18N4O3S/c1-12-3-6-16(7-4-12)24-19(20(26)27-23-24)28-13(2)18(25)22-15-5-8-17-14(11-15)9-10-21-17/h3-11,13,23,26H,1-2H3/p+1. The second kappa shape index (κ2) is 7.40. The van der Waals surface area contributed by atoms with Crippen molar-refractivity contribution in [2.75, 3.05) is 5.32 Å². The minimum Gasteiger partial charge on any atom is -0.361 e. The summed E-state index contributed by atoms with van der Waals surface area (Å²) in [6, 6.07) is 15.2. The number of thioether (sulfide) groups is 1. The van der Waals surface area contributed by atoms with E-state index in [4.69, 9.17) is 4.52 Å². The number of amides is 1. The van der Waals surface area contributed by atoms with Crippen molar-refractivity contribution in [1.82, 2.24) is 10.3 Å². The summed E-state index contributed by atoms with van der Waals surface area (Å²) in [7, 11) is 0. The SMILES string of the molecule is Cc1ccc(-[n+]2[nH]oc(=O)c2SC(C)C(=O)Nc2ccc3[nH]ccc3c2)cc1. The number of anilines is 1. The van der Waals surface area contributed by atoms with Gasteiger partial charge in [-0.3, -0.25) is 9.32 Å². The van der Waals surface area contributed by atoms with Crippen LogP contribution in [0.1, 0.15) is 12.5 Å². The van der Waals surface area contributed by atoms with Crippen molar-refractivity contribution in [3.63, 3.8) is 0 Å². The summed E-state index contributed by atoms with van der Waals surface area (Å²) >= 11 is 1.14. The molecule has 0 spiro atoms. The Morgan fingerprint density at radius 3 is 2.75 bits per heavy atom. The molecule has 2 aromatic carbocycles. The van der Waals surface area contributed by atoms with Gasteiger partial charge in [-0.2, -0.15) is 0 Å². The van der Waals surface area contributed by atoms with E-state index in [1.807, 2.05) is 61.7 Å². The molecule has 7 nitrogen and oxygen atoms in total. The van der Waals surface area contributed by atoms with E-state index in [-0.39, 0.29) is 5.91 Å². The Morgan fingerprint density at radius 1 is 1.18 bits per heavy atom. The molecule has 4 rings (SSSR count). The van der Waals surface area contributed by atoms with E-state index in [0.29, 0.717) is 10.7 Å². The quantitative estimate of drug-likeness (QED) is 0.357. The first-order chi connectivity index (χ1) is 13.5. The van der Waals surface area contributed by atoms with Crippen LogP contribution in [-0.2, 0) is 4.79 Å². The molecule has 0 aliphatic rings. The fraction of sp³-hybridized carbons (Fsp3) is 0.150. The van der Waals surface area contributed by atoms with Crippen molar-refractivity contribution in [2.45, 2.75) is 24.1 Å². The van der Waals surface area contributed by atoms with Gasteiger partial charge in [0, 0.05) is 34.9 Å². The molecule has 1 atom stereocenters. The van der Waals surface area contributed by atoms with Gasteiger partial charge < -0.3 is 10.3 Å². The van der Waals surface area contributed by atoms with Crippen molar-refractivity contribution in [1.29, 1.82) is 0 Å². The fourth-order valence-corrected chi connectivity index (χ4v) is 3.71. The Morgan fingerprint density at radius 2 is 1.96 bits per heavy atom. The first-order valence-electron chi connectivity index (χ1n) is 8.76. The lowest BCUT2D eigenvalue weighted by molar-refractivity contribution is -0.704. The zero-order valence-corrected chi connectivity index (χ0v) is 16.2. The summed E-state index contributed by atoms with van der Waals surface area (Å²) in [4.78, 5) is 27.9. The Labute approximate surface area is 164 Å². The number of carbonyl (C=O) groups excluding carboxylic acids is 1. The number of aromatic amines is 2. The Hall–Kier alpha value is -3.26. The van der Waals surface area contributed by atoms with Crippen LogP contribution in [-0.4, -0.2) is 21.4 Å². The number of benzene rings is 2. The summed E-state index contributed by atoms with van der Waals surface area (Å²) in [6.45, 7) is 3.74. The predicted octanol–water partition coefficient (Wildman–Crippen LogP) is 3.15. The molecule has 2 heterocycles. The number of hydrogen-bond acceptors (Lipinski definition) is 4. The average molecular weight is 395 g/mol. The van der Waals surface area contributed by atoms with Crippen LogP contribution < -0.4 is 15.6 Å². The van der Waals surface area contributed by atoms with Crippen LogP contribution in [0.25, 0.3) is 16.6 Å². The number of H-pyrrole nitrogens is 2. The smallest absolute Gasteiger partial charge is 0.361 e. The van der Waals surface area contributed by atoms with Crippen LogP contribution in [0.3, 0.4) is 0 Å². The predicted molar refractivity (Wildman–Crippen MR) is 108 cm³/mol. The lowest BCUT2D eigenvalue weighted by atomic mass is 10.2. The van der Waals surface area contributed by atoms with Gasteiger partial charge in [-0.05, 0) is 59.8 Å². The minimum absolute atomic E-state index is 0.198. The molecular formula is C20H19N4O3S+. The minimum atomic E-state index is -0.515. The third kappa shape index (κ3) is 3.59. The van der Waals surface area contributed by atoms with Crippen LogP contribution in [0.4, 0.5) is 5.69 Å². The van der Waals surface area contributed by atoms with Crippen LogP contribution in [0.2, 0.25) is 0 Å². The fourth-order valence-electron chi connectivity index (χ4n) is 2.82. The molecule has 0 radical (unpaired) electrons. The van der Waals surface area contributed by atoms with Gasteiger partial charge in [-0.25, -0.2) is 4.79 Å². The monoisotopic (exact) mass is 395 g/mol. The molecule has 0 aliphatic carbocycles. The van der Waals surface area contributed by atoms with E-state index in [9.17, 15) is 9.59 Å². The molecule has 1 unspecified atom stereocenters. The number of rotatable bonds is 5. The Balaban J connectivity index is 1.52. The number of carbonyl (C=O) groups is 1. The number of hydrogen-bond donors (Lipinski definition) is 3. The van der Waals surface area contributed by atoms with Crippen molar-refractivity contribution >= 4 is 34.3 Å². The van der Waals surface area contributed by atoms with E-state index in [0.717, 1.165) is 33.9 Å². The zero-order valence-electron chi connectivity index (χ0n) is 15.4. The third-order valence-electron chi connectivity index (χ3n) is 4.38. The summed E-state index contributed by atoms with van der Waals surface area (Å²) < 4.78 is 6.49. The molecule has 0 saturated heterocycles. The van der Waals surface area contributed by atoms with Gasteiger partial charge in [0.05, 0.1) is 5.25 Å². The molecule has 142 valence electrons. The van der Waals surface area contributed by atoms with Gasteiger partial charge in [0.25, 0.3) is 0 Å². The van der Waals surface area contributed by atoms with Gasteiger partial charge in [0.15, 0.2) is 0 Å². The maximum Gasteiger partial charge on any atom is 0.442 e. The topological polar surface area (TPSA) is 94.8 Å². The van der Waals surface area contributed by atoms with Gasteiger partial charge in [-0.15, -0.1) is 0 Å². The van der Waals surface area contributed by atoms with Gasteiger partial charge in [0.2, 0.25) is 11.6 Å². The van der Waals surface area contributed by atoms with Crippen molar-refractivity contribution in [3.8, 4) is 5.69 Å². The Bertz CT molecular complexity index is 1190. The third-order valence-corrected chi connectivity index (χ3v) is 5.52. The maximum atomic E-state index is 12.6. The highest BCUT2D eigenvalue weighted by Crippen LogP contribution is 2.22. The lowest BCUT2D eigenvalue weighted by Crippen LogP contribution is -2.37. The summed E-state index contributed by atoms with van der Waals surface area (Å²) in [5.74, 6) is -0.198. The molecule has 0 saturated carbocycles. The van der Waals surface area contributed by atoms with Crippen LogP contribution in [0.5, 0.6) is 0 Å². The molecule has 8 heteroatoms.